The second kappa shape index (κ2) is 7.47. The minimum absolute atomic E-state index is 0.138. The minimum atomic E-state index is -0.665. The molecule has 0 saturated carbocycles. The van der Waals surface area contributed by atoms with Gasteiger partial charge in [0.05, 0.1) is 5.56 Å². The molecule has 6 N–H and O–H groups in total. The van der Waals surface area contributed by atoms with Gasteiger partial charge in [-0.05, 0) is 35.9 Å². The van der Waals surface area contributed by atoms with E-state index in [1.54, 1.807) is 30.3 Å². The highest BCUT2D eigenvalue weighted by atomic mass is 19.1. The maximum atomic E-state index is 13.3. The Labute approximate surface area is 149 Å². The molecule has 8 heteroatoms. The van der Waals surface area contributed by atoms with Crippen LogP contribution in [-0.2, 0) is 6.54 Å². The number of carbonyl (C=O) groups is 1. The van der Waals surface area contributed by atoms with Crippen LogP contribution < -0.4 is 22.1 Å². The van der Waals surface area contributed by atoms with Gasteiger partial charge in [-0.15, -0.1) is 0 Å². The summed E-state index contributed by atoms with van der Waals surface area (Å²) in [6, 6.07) is 13.2. The van der Waals surface area contributed by atoms with Crippen LogP contribution in [0.3, 0.4) is 0 Å². The molecular formula is C18H17FN6O. The van der Waals surface area contributed by atoms with Crippen LogP contribution in [0.4, 0.5) is 27.5 Å². The largest absolute Gasteiger partial charge is 0.399 e. The first-order valence-electron chi connectivity index (χ1n) is 7.79. The quantitative estimate of drug-likeness (QED) is 0.506. The molecule has 0 fully saturated rings. The molecule has 3 rings (SSSR count). The summed E-state index contributed by atoms with van der Waals surface area (Å²) < 4.78 is 13.3. The van der Waals surface area contributed by atoms with Crippen molar-refractivity contribution in [1.82, 2.24) is 9.97 Å². The molecule has 132 valence electrons. The van der Waals surface area contributed by atoms with E-state index >= 15 is 0 Å². The molecule has 0 aliphatic heterocycles. The van der Waals surface area contributed by atoms with Crippen molar-refractivity contribution < 1.29 is 9.18 Å². The van der Waals surface area contributed by atoms with Gasteiger partial charge in [-0.2, -0.15) is 4.98 Å². The standard InChI is InChI=1S/C18H17FN6O/c19-12-4-1-3-11(7-12)9-22-17-15(16(21)26)10-23-18(25-17)24-14-6-2-5-13(20)8-14/h1-8,10H,9,20H2,(H2,21,26)(H2,22,23,24,25). The zero-order valence-electron chi connectivity index (χ0n) is 13.7. The number of primary amides is 1. The number of nitrogen functional groups attached to an aromatic ring is 1. The second-order valence-corrected chi connectivity index (χ2v) is 5.55. The number of nitrogens with one attached hydrogen (secondary N) is 2. The lowest BCUT2D eigenvalue weighted by Gasteiger charge is -2.12. The summed E-state index contributed by atoms with van der Waals surface area (Å²) in [5.74, 6) is -0.487. The van der Waals surface area contributed by atoms with Crippen molar-refractivity contribution in [2.24, 2.45) is 5.73 Å². The van der Waals surface area contributed by atoms with Crippen LogP contribution >= 0.6 is 0 Å². The molecule has 3 aromatic rings. The molecule has 0 aliphatic rings. The van der Waals surface area contributed by atoms with Crippen LogP contribution in [0.25, 0.3) is 0 Å². The van der Waals surface area contributed by atoms with Gasteiger partial charge < -0.3 is 22.1 Å². The number of carbonyl (C=O) groups excluding carboxylic acids is 1. The molecule has 26 heavy (non-hydrogen) atoms. The van der Waals surface area contributed by atoms with E-state index in [0.717, 1.165) is 0 Å². The number of hydrogen-bond donors (Lipinski definition) is 4. The molecule has 7 nitrogen and oxygen atoms in total. The van der Waals surface area contributed by atoms with Crippen LogP contribution in [0.1, 0.15) is 15.9 Å². The van der Waals surface area contributed by atoms with Crippen LogP contribution in [-0.4, -0.2) is 15.9 Å². The van der Waals surface area contributed by atoms with Crippen molar-refractivity contribution in [3.05, 3.63) is 71.7 Å². The lowest BCUT2D eigenvalue weighted by atomic mass is 10.2. The minimum Gasteiger partial charge on any atom is -0.399 e. The number of hydrogen-bond acceptors (Lipinski definition) is 6. The monoisotopic (exact) mass is 352 g/mol. The average molecular weight is 352 g/mol. The topological polar surface area (TPSA) is 119 Å². The van der Waals surface area contributed by atoms with Gasteiger partial charge >= 0.3 is 0 Å². The zero-order chi connectivity index (χ0) is 18.5. The summed E-state index contributed by atoms with van der Waals surface area (Å²) in [4.78, 5) is 20.0. The fraction of sp³-hybridized carbons (Fsp3) is 0.0556. The molecular weight excluding hydrogens is 335 g/mol. The van der Waals surface area contributed by atoms with Gasteiger partial charge in [0.25, 0.3) is 5.91 Å². The van der Waals surface area contributed by atoms with Crippen molar-refractivity contribution >= 4 is 29.0 Å². The van der Waals surface area contributed by atoms with Gasteiger partial charge in [0, 0.05) is 24.1 Å². The maximum Gasteiger partial charge on any atom is 0.254 e. The predicted octanol–water partition coefficient (Wildman–Crippen LogP) is 2.65. The van der Waals surface area contributed by atoms with E-state index in [0.29, 0.717) is 16.9 Å². The number of nitrogens with zero attached hydrogens (tertiary/aromatic N) is 2. The van der Waals surface area contributed by atoms with Crippen molar-refractivity contribution in [3.63, 3.8) is 0 Å². The Kier molecular flexibility index (Phi) is 4.93. The van der Waals surface area contributed by atoms with Gasteiger partial charge in [-0.25, -0.2) is 9.37 Å². The van der Waals surface area contributed by atoms with Crippen molar-refractivity contribution in [2.75, 3.05) is 16.4 Å². The molecule has 2 aromatic carbocycles. The Bertz CT molecular complexity index is 946. The summed E-state index contributed by atoms with van der Waals surface area (Å²) in [6.45, 7) is 0.271. The molecule has 1 aromatic heterocycles. The summed E-state index contributed by atoms with van der Waals surface area (Å²) >= 11 is 0. The van der Waals surface area contributed by atoms with E-state index in [1.165, 1.54) is 18.3 Å². The fourth-order valence-electron chi connectivity index (χ4n) is 2.34. The normalized spacial score (nSPS) is 10.3. The Hall–Kier alpha value is -3.68. The number of anilines is 4. The van der Waals surface area contributed by atoms with E-state index in [2.05, 4.69) is 20.6 Å². The smallest absolute Gasteiger partial charge is 0.254 e. The predicted molar refractivity (Wildman–Crippen MR) is 98.4 cm³/mol. The maximum absolute atomic E-state index is 13.3. The van der Waals surface area contributed by atoms with Crippen molar-refractivity contribution in [3.8, 4) is 0 Å². The first kappa shape index (κ1) is 17.2. The van der Waals surface area contributed by atoms with Crippen molar-refractivity contribution in [1.29, 1.82) is 0 Å². The number of aromatic nitrogens is 2. The third kappa shape index (κ3) is 4.23. The first-order chi connectivity index (χ1) is 12.5. The number of rotatable bonds is 6. The van der Waals surface area contributed by atoms with Gasteiger partial charge in [-0.1, -0.05) is 18.2 Å². The number of benzene rings is 2. The molecule has 1 amide bonds. The Morgan fingerprint density at radius 3 is 2.69 bits per heavy atom. The highest BCUT2D eigenvalue weighted by molar-refractivity contribution is 5.97. The van der Waals surface area contributed by atoms with E-state index < -0.39 is 5.91 Å². The molecule has 0 radical (unpaired) electrons. The highest BCUT2D eigenvalue weighted by Crippen LogP contribution is 2.19. The van der Waals surface area contributed by atoms with Gasteiger partial charge in [0.2, 0.25) is 5.95 Å². The number of halogens is 1. The lowest BCUT2D eigenvalue weighted by Crippen LogP contribution is -2.17. The first-order valence-corrected chi connectivity index (χ1v) is 7.79. The molecule has 0 spiro atoms. The Morgan fingerprint density at radius 1 is 1.15 bits per heavy atom. The molecule has 0 unspecified atom stereocenters. The fourth-order valence-corrected chi connectivity index (χ4v) is 2.34. The van der Waals surface area contributed by atoms with Crippen LogP contribution in [0.5, 0.6) is 0 Å². The molecule has 0 atom stereocenters. The van der Waals surface area contributed by atoms with Crippen LogP contribution in [0.2, 0.25) is 0 Å². The lowest BCUT2D eigenvalue weighted by molar-refractivity contribution is 0.100. The van der Waals surface area contributed by atoms with Gasteiger partial charge in [-0.3, -0.25) is 4.79 Å². The average Bonchev–Trinajstić information content (AvgIpc) is 2.60. The molecule has 0 aliphatic carbocycles. The SMILES string of the molecule is NC(=O)c1cnc(Nc2cccc(N)c2)nc1NCc1cccc(F)c1. The molecule has 1 heterocycles. The summed E-state index contributed by atoms with van der Waals surface area (Å²) in [5.41, 5.74) is 13.2. The highest BCUT2D eigenvalue weighted by Gasteiger charge is 2.12. The Balaban J connectivity index is 1.83. The van der Waals surface area contributed by atoms with Crippen molar-refractivity contribution in [2.45, 2.75) is 6.54 Å². The van der Waals surface area contributed by atoms with E-state index in [9.17, 15) is 9.18 Å². The van der Waals surface area contributed by atoms with Crippen LogP contribution in [0, 0.1) is 5.82 Å². The van der Waals surface area contributed by atoms with Gasteiger partial charge in [0.15, 0.2) is 0 Å². The van der Waals surface area contributed by atoms with Gasteiger partial charge in [0.1, 0.15) is 11.6 Å². The van der Waals surface area contributed by atoms with E-state index in [1.807, 2.05) is 6.07 Å². The third-order valence-corrected chi connectivity index (χ3v) is 3.55. The Morgan fingerprint density at radius 2 is 1.96 bits per heavy atom. The number of nitrogens with two attached hydrogens (primary N) is 2. The van der Waals surface area contributed by atoms with E-state index in [4.69, 9.17) is 11.5 Å². The summed E-state index contributed by atoms with van der Waals surface area (Å²) in [6.07, 6.45) is 1.33. The second-order valence-electron chi connectivity index (χ2n) is 5.55. The van der Waals surface area contributed by atoms with Crippen LogP contribution in [0.15, 0.2) is 54.7 Å². The number of amides is 1. The summed E-state index contributed by atoms with van der Waals surface area (Å²) in [7, 11) is 0. The summed E-state index contributed by atoms with van der Waals surface area (Å²) in [5, 5.41) is 6.00. The van der Waals surface area contributed by atoms with E-state index in [-0.39, 0.29) is 29.7 Å². The molecule has 0 bridgehead atoms. The third-order valence-electron chi connectivity index (χ3n) is 3.55. The molecule has 0 saturated heterocycles. The zero-order valence-corrected chi connectivity index (χ0v) is 13.7.